The number of amides is 1. The molecule has 0 aliphatic rings. The smallest absolute Gasteiger partial charge is 0.407 e. The van der Waals surface area contributed by atoms with Gasteiger partial charge in [0.1, 0.15) is 5.60 Å². The highest BCUT2D eigenvalue weighted by molar-refractivity contribution is 6.36. The molecular weight excluding hydrogens is 299 g/mol. The molecule has 0 aromatic heterocycles. The first-order valence-corrected chi connectivity index (χ1v) is 6.82. The van der Waals surface area contributed by atoms with Gasteiger partial charge in [0.15, 0.2) is 0 Å². The van der Waals surface area contributed by atoms with Crippen LogP contribution < -0.4 is 11.1 Å². The molecule has 20 heavy (non-hydrogen) atoms. The molecule has 0 saturated heterocycles. The number of carbonyl (C=O) groups excluding carboxylic acids is 1. The first-order chi connectivity index (χ1) is 9.19. The molecule has 1 aromatic rings. The van der Waals surface area contributed by atoms with Gasteiger partial charge in [-0.2, -0.15) is 0 Å². The Labute approximate surface area is 128 Å². The third-order valence-corrected chi connectivity index (χ3v) is 2.83. The van der Waals surface area contributed by atoms with Crippen LogP contribution in [-0.4, -0.2) is 18.2 Å². The van der Waals surface area contributed by atoms with Crippen molar-refractivity contribution >= 4 is 41.1 Å². The number of hydrogen-bond acceptors (Lipinski definition) is 3. The largest absolute Gasteiger partial charge is 0.444 e. The number of alkyl carbamates (subject to hydrolysis) is 1. The van der Waals surface area contributed by atoms with Crippen molar-refractivity contribution in [1.82, 2.24) is 5.32 Å². The minimum Gasteiger partial charge on any atom is -0.444 e. The van der Waals surface area contributed by atoms with E-state index in [0.717, 1.165) is 5.56 Å². The Morgan fingerprint density at radius 2 is 2.00 bits per heavy atom. The van der Waals surface area contributed by atoms with Crippen LogP contribution >= 0.6 is 23.2 Å². The van der Waals surface area contributed by atoms with Gasteiger partial charge in [-0.25, -0.2) is 4.79 Å². The molecule has 0 unspecified atom stereocenters. The van der Waals surface area contributed by atoms with Gasteiger partial charge in [0.05, 0.1) is 10.7 Å². The van der Waals surface area contributed by atoms with Gasteiger partial charge in [-0.05, 0) is 38.5 Å². The summed E-state index contributed by atoms with van der Waals surface area (Å²) in [5, 5.41) is 3.55. The summed E-state index contributed by atoms with van der Waals surface area (Å²) in [5.41, 5.74) is 6.28. The number of halogens is 2. The Kier molecular flexibility index (Phi) is 5.72. The third-order valence-electron chi connectivity index (χ3n) is 2.18. The molecule has 110 valence electrons. The van der Waals surface area contributed by atoms with Gasteiger partial charge >= 0.3 is 6.09 Å². The molecule has 0 aliphatic carbocycles. The maximum Gasteiger partial charge on any atom is 0.407 e. The van der Waals surface area contributed by atoms with Gasteiger partial charge in [-0.3, -0.25) is 0 Å². The van der Waals surface area contributed by atoms with Gasteiger partial charge < -0.3 is 15.8 Å². The number of benzene rings is 1. The summed E-state index contributed by atoms with van der Waals surface area (Å²) < 4.78 is 5.10. The van der Waals surface area contributed by atoms with E-state index in [2.05, 4.69) is 5.32 Å². The van der Waals surface area contributed by atoms with Crippen LogP contribution in [0.4, 0.5) is 10.5 Å². The van der Waals surface area contributed by atoms with Gasteiger partial charge in [0.25, 0.3) is 0 Å². The van der Waals surface area contributed by atoms with E-state index in [1.54, 1.807) is 45.1 Å². The molecule has 1 amide bonds. The maximum atomic E-state index is 11.4. The second kappa shape index (κ2) is 6.86. The van der Waals surface area contributed by atoms with E-state index in [9.17, 15) is 4.79 Å². The van der Waals surface area contributed by atoms with Crippen molar-refractivity contribution in [1.29, 1.82) is 0 Å². The zero-order valence-corrected chi connectivity index (χ0v) is 13.2. The average molecular weight is 317 g/mol. The maximum absolute atomic E-state index is 11.4. The van der Waals surface area contributed by atoms with Crippen molar-refractivity contribution in [3.63, 3.8) is 0 Å². The minimum atomic E-state index is -0.512. The lowest BCUT2D eigenvalue weighted by Crippen LogP contribution is -2.32. The summed E-state index contributed by atoms with van der Waals surface area (Å²) in [5.74, 6) is 0. The zero-order valence-electron chi connectivity index (χ0n) is 11.7. The highest BCUT2D eigenvalue weighted by Gasteiger charge is 2.14. The van der Waals surface area contributed by atoms with Crippen LogP contribution in [0.2, 0.25) is 10.0 Å². The predicted octanol–water partition coefficient (Wildman–Crippen LogP) is 4.11. The molecule has 1 rings (SSSR count). The van der Waals surface area contributed by atoms with E-state index in [1.807, 2.05) is 0 Å². The average Bonchev–Trinajstić information content (AvgIpc) is 2.28. The number of anilines is 1. The van der Waals surface area contributed by atoms with E-state index in [1.165, 1.54) is 0 Å². The van der Waals surface area contributed by atoms with E-state index in [4.69, 9.17) is 33.7 Å². The van der Waals surface area contributed by atoms with E-state index in [0.29, 0.717) is 22.3 Å². The van der Waals surface area contributed by atoms with Crippen LogP contribution in [0.5, 0.6) is 0 Å². The Hall–Kier alpha value is -1.39. The lowest BCUT2D eigenvalue weighted by molar-refractivity contribution is 0.0534. The van der Waals surface area contributed by atoms with E-state index in [-0.39, 0.29) is 0 Å². The topological polar surface area (TPSA) is 64.3 Å². The van der Waals surface area contributed by atoms with Crippen LogP contribution in [0.15, 0.2) is 18.2 Å². The normalized spacial score (nSPS) is 11.7. The van der Waals surface area contributed by atoms with Crippen LogP contribution in [0.25, 0.3) is 6.08 Å². The highest BCUT2D eigenvalue weighted by Crippen LogP contribution is 2.27. The fourth-order valence-electron chi connectivity index (χ4n) is 1.35. The van der Waals surface area contributed by atoms with Crippen LogP contribution in [-0.2, 0) is 4.74 Å². The van der Waals surface area contributed by atoms with Gasteiger partial charge in [-0.1, -0.05) is 35.4 Å². The van der Waals surface area contributed by atoms with Gasteiger partial charge in [0, 0.05) is 11.6 Å². The lowest BCUT2D eigenvalue weighted by atomic mass is 10.2. The Morgan fingerprint density at radius 3 is 2.60 bits per heavy atom. The van der Waals surface area contributed by atoms with Crippen molar-refractivity contribution in [2.24, 2.45) is 0 Å². The molecule has 0 aliphatic heterocycles. The molecule has 4 nitrogen and oxygen atoms in total. The molecule has 6 heteroatoms. The lowest BCUT2D eigenvalue weighted by Gasteiger charge is -2.19. The Balaban J connectivity index is 2.54. The summed E-state index contributed by atoms with van der Waals surface area (Å²) in [7, 11) is 0. The number of hydrogen-bond donors (Lipinski definition) is 2. The molecule has 0 fully saturated rings. The van der Waals surface area contributed by atoms with Crippen LogP contribution in [0.1, 0.15) is 26.3 Å². The quantitative estimate of drug-likeness (QED) is 0.825. The second-order valence-corrected chi connectivity index (χ2v) is 5.99. The fraction of sp³-hybridized carbons (Fsp3) is 0.357. The molecule has 1 aromatic carbocycles. The first-order valence-electron chi connectivity index (χ1n) is 6.07. The number of ether oxygens (including phenoxy) is 1. The molecule has 0 bridgehead atoms. The van der Waals surface area contributed by atoms with Crippen molar-refractivity contribution in [2.75, 3.05) is 12.3 Å². The SMILES string of the molecule is CC(C)(C)OC(=O)NCC=Cc1cc(Cl)c(N)cc1Cl. The molecule has 0 heterocycles. The number of nitrogen functional groups attached to an aromatic ring is 1. The zero-order chi connectivity index (χ0) is 15.3. The van der Waals surface area contributed by atoms with Crippen molar-refractivity contribution in [3.05, 3.63) is 33.8 Å². The number of nitrogens with two attached hydrogens (primary N) is 1. The molecule has 0 atom stereocenters. The standard InChI is InChI=1S/C14H18Cl2N2O2/c1-14(2,3)20-13(19)18-6-4-5-9-7-11(16)12(17)8-10(9)15/h4-5,7-8H,6,17H2,1-3H3,(H,18,19). The summed E-state index contributed by atoms with van der Waals surface area (Å²) in [4.78, 5) is 11.4. The predicted molar refractivity (Wildman–Crippen MR) is 84.1 cm³/mol. The summed E-state index contributed by atoms with van der Waals surface area (Å²) in [6.07, 6.45) is 3.03. The molecule has 0 radical (unpaired) electrons. The van der Waals surface area contributed by atoms with Crippen LogP contribution in [0.3, 0.4) is 0 Å². The molecular formula is C14H18Cl2N2O2. The Morgan fingerprint density at radius 1 is 1.35 bits per heavy atom. The monoisotopic (exact) mass is 316 g/mol. The summed E-state index contributed by atoms with van der Waals surface area (Å²) in [6, 6.07) is 3.26. The second-order valence-electron chi connectivity index (χ2n) is 5.18. The van der Waals surface area contributed by atoms with Crippen molar-refractivity contribution < 1.29 is 9.53 Å². The summed E-state index contributed by atoms with van der Waals surface area (Å²) >= 11 is 11.9. The molecule has 0 spiro atoms. The van der Waals surface area contributed by atoms with Gasteiger partial charge in [0.2, 0.25) is 0 Å². The molecule has 3 N–H and O–H groups in total. The number of nitrogens with one attached hydrogen (secondary N) is 1. The first kappa shape index (κ1) is 16.7. The van der Waals surface area contributed by atoms with E-state index >= 15 is 0 Å². The van der Waals surface area contributed by atoms with Crippen LogP contribution in [0, 0.1) is 0 Å². The molecule has 0 saturated carbocycles. The minimum absolute atomic E-state index is 0.327. The van der Waals surface area contributed by atoms with E-state index < -0.39 is 11.7 Å². The number of rotatable bonds is 3. The highest BCUT2D eigenvalue weighted by atomic mass is 35.5. The van der Waals surface area contributed by atoms with Crippen molar-refractivity contribution in [2.45, 2.75) is 26.4 Å². The summed E-state index contributed by atoms with van der Waals surface area (Å²) in [6.45, 7) is 5.74. The Bertz CT molecular complexity index is 523. The van der Waals surface area contributed by atoms with Gasteiger partial charge in [-0.15, -0.1) is 0 Å². The fourth-order valence-corrected chi connectivity index (χ4v) is 1.75. The number of carbonyl (C=O) groups is 1. The third kappa shape index (κ3) is 5.72. The van der Waals surface area contributed by atoms with Crippen molar-refractivity contribution in [3.8, 4) is 0 Å².